The minimum atomic E-state index is -0.106. The van der Waals surface area contributed by atoms with E-state index in [0.29, 0.717) is 36.8 Å². The third-order valence-electron chi connectivity index (χ3n) is 5.49. The molecule has 0 aliphatic carbocycles. The molecule has 0 aliphatic rings. The van der Waals surface area contributed by atoms with E-state index in [1.165, 1.54) is 28.7 Å². The van der Waals surface area contributed by atoms with Crippen LogP contribution in [0.3, 0.4) is 0 Å². The Kier molecular flexibility index (Phi) is 7.55. The molecule has 5 aromatic rings. The van der Waals surface area contributed by atoms with E-state index in [0.717, 1.165) is 22.1 Å². The van der Waals surface area contributed by atoms with Crippen LogP contribution in [0.1, 0.15) is 11.1 Å². The van der Waals surface area contributed by atoms with E-state index in [-0.39, 0.29) is 5.56 Å². The molecule has 3 aromatic carbocycles. The van der Waals surface area contributed by atoms with Crippen molar-refractivity contribution in [3.8, 4) is 5.69 Å². The molecule has 0 saturated heterocycles. The molecular weight excluding hydrogens is 582 g/mol. The van der Waals surface area contributed by atoms with Crippen molar-refractivity contribution in [1.82, 2.24) is 14.1 Å². The number of nitrogens with zero attached hydrogens (tertiary/aromatic N) is 3. The Bertz CT molecular complexity index is 1590. The molecule has 0 saturated carbocycles. The molecule has 0 aliphatic heterocycles. The maximum atomic E-state index is 13.8. The monoisotopic (exact) mass is 599 g/mol. The van der Waals surface area contributed by atoms with Gasteiger partial charge in [0.05, 0.1) is 5.69 Å². The first-order valence-corrected chi connectivity index (χ1v) is 14.2. The minimum absolute atomic E-state index is 0.106. The zero-order valence-corrected chi connectivity index (χ0v) is 23.1. The highest BCUT2D eigenvalue weighted by Crippen LogP contribution is 2.28. The molecule has 0 fully saturated rings. The summed E-state index contributed by atoms with van der Waals surface area (Å²) in [6.07, 6.45) is 0.811. The van der Waals surface area contributed by atoms with Gasteiger partial charge in [0.1, 0.15) is 4.70 Å². The predicted molar refractivity (Wildman–Crippen MR) is 153 cm³/mol. The standard InChI is InChI=1S/C26H19BrClN3OS3/c27-19-8-12-21(13-9-19)31-24(32)22-23(29-25(31)34-16-18-6-10-20(28)11-7-18)30(26(33)35-22)15-14-17-4-2-1-3-5-17/h1-13H,14-16H2. The maximum Gasteiger partial charge on any atom is 0.278 e. The number of fused-ring (bicyclic) bond motifs is 1. The summed E-state index contributed by atoms with van der Waals surface area (Å²) in [5, 5.41) is 1.32. The summed E-state index contributed by atoms with van der Waals surface area (Å²) < 4.78 is 5.84. The van der Waals surface area contributed by atoms with E-state index in [2.05, 4.69) is 28.1 Å². The van der Waals surface area contributed by atoms with Crippen molar-refractivity contribution in [3.63, 3.8) is 0 Å². The summed E-state index contributed by atoms with van der Waals surface area (Å²) in [7, 11) is 0. The van der Waals surface area contributed by atoms with Crippen molar-refractivity contribution >= 4 is 73.2 Å². The highest BCUT2D eigenvalue weighted by molar-refractivity contribution is 9.10. The zero-order valence-electron chi connectivity index (χ0n) is 18.4. The van der Waals surface area contributed by atoms with Crippen LogP contribution < -0.4 is 5.56 Å². The highest BCUT2D eigenvalue weighted by atomic mass is 79.9. The van der Waals surface area contributed by atoms with Gasteiger partial charge in [-0.25, -0.2) is 4.98 Å². The van der Waals surface area contributed by atoms with Crippen LogP contribution in [0.5, 0.6) is 0 Å². The van der Waals surface area contributed by atoms with Crippen LogP contribution in [0.25, 0.3) is 16.0 Å². The molecule has 0 atom stereocenters. The minimum Gasteiger partial charge on any atom is -0.307 e. The fourth-order valence-electron chi connectivity index (χ4n) is 3.70. The number of halogens is 2. The summed E-state index contributed by atoms with van der Waals surface area (Å²) in [6.45, 7) is 0.666. The predicted octanol–water partition coefficient (Wildman–Crippen LogP) is 7.93. The third-order valence-corrected chi connectivity index (χ3v) is 8.71. The second-order valence-electron chi connectivity index (χ2n) is 7.83. The van der Waals surface area contributed by atoms with Crippen LogP contribution >= 0.6 is 62.8 Å². The van der Waals surface area contributed by atoms with Gasteiger partial charge in [-0.05, 0) is 66.2 Å². The molecule has 5 rings (SSSR count). The Labute approximate surface area is 229 Å². The van der Waals surface area contributed by atoms with Crippen LogP contribution in [-0.4, -0.2) is 14.1 Å². The van der Waals surface area contributed by atoms with Crippen LogP contribution in [0, 0.1) is 3.95 Å². The van der Waals surface area contributed by atoms with Gasteiger partial charge in [-0.15, -0.1) is 0 Å². The number of thiazole rings is 1. The van der Waals surface area contributed by atoms with Gasteiger partial charge >= 0.3 is 0 Å². The summed E-state index contributed by atoms with van der Waals surface area (Å²) >= 11 is 18.0. The molecule has 0 N–H and O–H groups in total. The number of aryl methyl sites for hydroxylation is 2. The molecule has 0 unspecified atom stereocenters. The Hall–Kier alpha value is -2.23. The molecule has 35 heavy (non-hydrogen) atoms. The zero-order chi connectivity index (χ0) is 24.4. The molecular formula is C26H19BrClN3OS3. The van der Waals surface area contributed by atoms with Gasteiger partial charge in [0.15, 0.2) is 14.8 Å². The van der Waals surface area contributed by atoms with Gasteiger partial charge in [0, 0.05) is 21.8 Å². The molecule has 0 spiro atoms. The van der Waals surface area contributed by atoms with Crippen molar-refractivity contribution in [3.05, 3.63) is 114 Å². The maximum absolute atomic E-state index is 13.8. The van der Waals surface area contributed by atoms with Crippen molar-refractivity contribution in [2.24, 2.45) is 0 Å². The van der Waals surface area contributed by atoms with E-state index in [9.17, 15) is 4.79 Å². The smallest absolute Gasteiger partial charge is 0.278 e. The van der Waals surface area contributed by atoms with Crippen molar-refractivity contribution in [1.29, 1.82) is 0 Å². The lowest BCUT2D eigenvalue weighted by atomic mass is 10.1. The van der Waals surface area contributed by atoms with E-state index >= 15 is 0 Å². The quantitative estimate of drug-likeness (QED) is 0.108. The fraction of sp³-hybridized carbons (Fsp3) is 0.115. The number of hydrogen-bond donors (Lipinski definition) is 0. The molecule has 9 heteroatoms. The number of thioether (sulfide) groups is 1. The van der Waals surface area contributed by atoms with Crippen LogP contribution in [0.2, 0.25) is 5.02 Å². The summed E-state index contributed by atoms with van der Waals surface area (Å²) in [4.78, 5) is 18.8. The lowest BCUT2D eigenvalue weighted by molar-refractivity contribution is 0.701. The molecule has 0 radical (unpaired) electrons. The lowest BCUT2D eigenvalue weighted by Gasteiger charge is -2.13. The lowest BCUT2D eigenvalue weighted by Crippen LogP contribution is -2.21. The van der Waals surface area contributed by atoms with Crippen molar-refractivity contribution in [2.45, 2.75) is 23.9 Å². The fourth-order valence-corrected chi connectivity index (χ4v) is 6.37. The summed E-state index contributed by atoms with van der Waals surface area (Å²) in [5.74, 6) is 0.653. The van der Waals surface area contributed by atoms with Crippen molar-refractivity contribution < 1.29 is 0 Å². The average Bonchev–Trinajstić information content (AvgIpc) is 3.19. The van der Waals surface area contributed by atoms with E-state index in [1.54, 1.807) is 4.57 Å². The highest BCUT2D eigenvalue weighted by Gasteiger charge is 2.18. The van der Waals surface area contributed by atoms with Crippen LogP contribution in [-0.2, 0) is 18.7 Å². The SMILES string of the molecule is O=c1c2sc(=S)n(CCc3ccccc3)c2nc(SCc2ccc(Cl)cc2)n1-c1ccc(Br)cc1. The van der Waals surface area contributed by atoms with Gasteiger partial charge in [0.25, 0.3) is 5.56 Å². The third kappa shape index (κ3) is 5.47. The number of benzene rings is 3. The average molecular weight is 601 g/mol. The Morgan fingerprint density at radius 2 is 1.69 bits per heavy atom. The number of hydrogen-bond acceptors (Lipinski definition) is 5. The largest absolute Gasteiger partial charge is 0.307 e. The second kappa shape index (κ2) is 10.8. The summed E-state index contributed by atoms with van der Waals surface area (Å²) in [6, 6.07) is 25.6. The van der Waals surface area contributed by atoms with Crippen molar-refractivity contribution in [2.75, 3.05) is 0 Å². The molecule has 0 amide bonds. The summed E-state index contributed by atoms with van der Waals surface area (Å²) in [5.41, 5.74) is 3.62. The number of aromatic nitrogens is 3. The molecule has 0 bridgehead atoms. The number of rotatable bonds is 7. The molecule has 176 valence electrons. The Balaban J connectivity index is 1.59. The Morgan fingerprint density at radius 3 is 2.40 bits per heavy atom. The first-order chi connectivity index (χ1) is 17.0. The van der Waals surface area contributed by atoms with Gasteiger partial charge in [-0.3, -0.25) is 9.36 Å². The van der Waals surface area contributed by atoms with Gasteiger partial charge in [0.2, 0.25) is 0 Å². The first-order valence-electron chi connectivity index (χ1n) is 10.8. The second-order valence-corrected chi connectivity index (χ2v) is 11.8. The Morgan fingerprint density at radius 1 is 0.971 bits per heavy atom. The van der Waals surface area contributed by atoms with Gasteiger partial charge in [-0.1, -0.05) is 93.1 Å². The molecule has 2 aromatic heterocycles. The topological polar surface area (TPSA) is 39.8 Å². The molecule has 4 nitrogen and oxygen atoms in total. The van der Waals surface area contributed by atoms with Crippen LogP contribution in [0.15, 0.2) is 93.3 Å². The van der Waals surface area contributed by atoms with Crippen LogP contribution in [0.4, 0.5) is 0 Å². The first kappa shape index (κ1) is 24.5. The van der Waals surface area contributed by atoms with Gasteiger partial charge < -0.3 is 4.57 Å². The van der Waals surface area contributed by atoms with E-state index < -0.39 is 0 Å². The van der Waals surface area contributed by atoms with Gasteiger partial charge in [-0.2, -0.15) is 0 Å². The normalized spacial score (nSPS) is 11.3. The molecule has 2 heterocycles. The van der Waals surface area contributed by atoms with E-state index in [1.807, 2.05) is 71.3 Å². The van der Waals surface area contributed by atoms with E-state index in [4.69, 9.17) is 28.8 Å².